The van der Waals surface area contributed by atoms with Gasteiger partial charge < -0.3 is 4.57 Å². The van der Waals surface area contributed by atoms with Crippen LogP contribution in [0.25, 0.3) is 11.3 Å². The minimum absolute atomic E-state index is 0.0308. The maximum absolute atomic E-state index is 12.6. The van der Waals surface area contributed by atoms with E-state index in [-0.39, 0.29) is 16.0 Å². The van der Waals surface area contributed by atoms with E-state index in [2.05, 4.69) is 9.71 Å². The quantitative estimate of drug-likeness (QED) is 0.677. The van der Waals surface area contributed by atoms with Gasteiger partial charge in [0.2, 0.25) is 10.0 Å². The van der Waals surface area contributed by atoms with E-state index >= 15 is 0 Å². The Morgan fingerprint density at radius 3 is 2.63 bits per heavy atom. The molecule has 1 aromatic heterocycles. The Bertz CT molecular complexity index is 1150. The summed E-state index contributed by atoms with van der Waals surface area (Å²) < 4.78 is 29.8. The van der Waals surface area contributed by atoms with Gasteiger partial charge in [0, 0.05) is 24.0 Å². The summed E-state index contributed by atoms with van der Waals surface area (Å²) in [5.74, 6) is 0. The van der Waals surface area contributed by atoms with Crippen molar-refractivity contribution in [2.24, 2.45) is 12.0 Å². The molecule has 1 heterocycles. The Kier molecular flexibility index (Phi) is 4.94. The highest BCUT2D eigenvalue weighted by Gasteiger charge is 2.29. The first-order valence-corrected chi connectivity index (χ1v) is 11.2. The molecule has 1 aliphatic rings. The number of benzene rings is 2. The van der Waals surface area contributed by atoms with Crippen molar-refractivity contribution in [1.29, 1.82) is 0 Å². The van der Waals surface area contributed by atoms with Crippen LogP contribution in [0.5, 0.6) is 0 Å². The number of hydrogen-bond donors (Lipinski definition) is 1. The van der Waals surface area contributed by atoms with Crippen LogP contribution in [0.3, 0.4) is 0 Å². The van der Waals surface area contributed by atoms with Crippen LogP contribution in [0.2, 0.25) is 5.02 Å². The Labute approximate surface area is 167 Å². The minimum Gasteiger partial charge on any atom is -0.320 e. The fraction of sp³-hybridized carbons (Fsp3) is 0.211. The molecule has 0 aliphatic heterocycles. The molecule has 5 nitrogen and oxygen atoms in total. The minimum atomic E-state index is -3.62. The number of hydrogen-bond acceptors (Lipinski definition) is 4. The van der Waals surface area contributed by atoms with E-state index in [9.17, 15) is 8.42 Å². The monoisotopic (exact) mass is 419 g/mol. The lowest BCUT2D eigenvalue weighted by Gasteiger charge is -2.10. The summed E-state index contributed by atoms with van der Waals surface area (Å²) in [6, 6.07) is 14.8. The predicted octanol–water partition coefficient (Wildman–Crippen LogP) is 4.08. The zero-order valence-corrected chi connectivity index (χ0v) is 17.0. The first kappa shape index (κ1) is 18.4. The molecular formula is C19H18ClN3O2S2. The molecule has 1 aliphatic carbocycles. The van der Waals surface area contributed by atoms with Crippen LogP contribution in [0.4, 0.5) is 5.69 Å². The van der Waals surface area contributed by atoms with Crippen LogP contribution in [0, 0.1) is 0 Å². The van der Waals surface area contributed by atoms with Crippen LogP contribution in [0.1, 0.15) is 12.8 Å². The number of rotatable bonds is 5. The molecule has 0 atom stereocenters. The molecule has 4 rings (SSSR count). The molecule has 140 valence electrons. The Hall–Kier alpha value is -1.93. The van der Waals surface area contributed by atoms with Crippen LogP contribution in [-0.4, -0.2) is 19.0 Å². The molecule has 0 amide bonds. The molecule has 8 heteroatoms. The molecule has 27 heavy (non-hydrogen) atoms. The topological polar surface area (TPSA) is 63.5 Å². The fourth-order valence-electron chi connectivity index (χ4n) is 2.70. The summed E-state index contributed by atoms with van der Waals surface area (Å²) in [4.78, 5) is 5.59. The van der Waals surface area contributed by atoms with Crippen molar-refractivity contribution in [2.75, 3.05) is 0 Å². The largest absolute Gasteiger partial charge is 0.320 e. The van der Waals surface area contributed by atoms with Crippen LogP contribution in [-0.2, 0) is 17.1 Å². The van der Waals surface area contributed by atoms with Gasteiger partial charge in [0.1, 0.15) is 4.90 Å². The van der Waals surface area contributed by atoms with Crippen molar-refractivity contribution in [1.82, 2.24) is 9.29 Å². The number of halogens is 1. The van der Waals surface area contributed by atoms with E-state index in [1.807, 2.05) is 53.4 Å². The van der Waals surface area contributed by atoms with Gasteiger partial charge in [-0.3, -0.25) is 0 Å². The average molecular weight is 420 g/mol. The number of nitrogens with zero attached hydrogens (tertiary/aromatic N) is 2. The van der Waals surface area contributed by atoms with E-state index < -0.39 is 10.0 Å². The van der Waals surface area contributed by atoms with Crippen molar-refractivity contribution in [3.05, 3.63) is 63.7 Å². The van der Waals surface area contributed by atoms with E-state index in [1.165, 1.54) is 11.3 Å². The third-order valence-corrected chi connectivity index (χ3v) is 7.24. The van der Waals surface area contributed by atoms with Gasteiger partial charge in [-0.25, -0.2) is 18.1 Å². The van der Waals surface area contributed by atoms with Gasteiger partial charge >= 0.3 is 0 Å². The van der Waals surface area contributed by atoms with Crippen LogP contribution >= 0.6 is 22.9 Å². The molecule has 1 N–H and O–H groups in total. The smallest absolute Gasteiger partial charge is 0.242 e. The van der Waals surface area contributed by atoms with Gasteiger partial charge in [0.15, 0.2) is 4.80 Å². The number of para-hydroxylation sites is 1. The third-order valence-electron chi connectivity index (χ3n) is 4.32. The van der Waals surface area contributed by atoms with Crippen molar-refractivity contribution < 1.29 is 8.42 Å². The first-order chi connectivity index (χ1) is 12.9. The fourth-order valence-corrected chi connectivity index (χ4v) is 5.45. The second kappa shape index (κ2) is 7.24. The van der Waals surface area contributed by atoms with E-state index in [0.717, 1.165) is 34.6 Å². The maximum Gasteiger partial charge on any atom is 0.242 e. The predicted molar refractivity (Wildman–Crippen MR) is 109 cm³/mol. The standard InChI is InChI=1S/C19H18ClN3O2S2/c1-23-17(12-26-19(23)21-14-5-3-2-4-6-14)13-7-10-16(20)18(11-13)27(24,25)22-15-8-9-15/h2-7,10-12,15,22H,8-9H2,1H3/b21-19+. The number of sulfonamides is 1. The zero-order valence-electron chi connectivity index (χ0n) is 14.6. The molecule has 0 saturated heterocycles. The SMILES string of the molecule is Cn1c(-c2ccc(Cl)c(S(=O)(=O)NC3CC3)c2)cs/c1=N/c1ccccc1. The van der Waals surface area contributed by atoms with Crippen molar-refractivity contribution in [3.8, 4) is 11.3 Å². The van der Waals surface area contributed by atoms with Gasteiger partial charge in [0.25, 0.3) is 0 Å². The van der Waals surface area contributed by atoms with E-state index in [1.54, 1.807) is 12.1 Å². The molecular weight excluding hydrogens is 402 g/mol. The van der Waals surface area contributed by atoms with E-state index in [0.29, 0.717) is 0 Å². The van der Waals surface area contributed by atoms with Crippen molar-refractivity contribution in [3.63, 3.8) is 0 Å². The Balaban J connectivity index is 1.74. The normalized spacial score (nSPS) is 15.3. The summed E-state index contributed by atoms with van der Waals surface area (Å²) in [5, 5.41) is 2.19. The van der Waals surface area contributed by atoms with Gasteiger partial charge in [-0.2, -0.15) is 0 Å². The summed E-state index contributed by atoms with van der Waals surface area (Å²) in [5.41, 5.74) is 2.53. The average Bonchev–Trinajstić information content (AvgIpc) is 3.38. The number of aromatic nitrogens is 1. The number of thiazole rings is 1. The molecule has 0 unspecified atom stereocenters. The molecule has 1 saturated carbocycles. The highest BCUT2D eigenvalue weighted by atomic mass is 35.5. The lowest BCUT2D eigenvalue weighted by molar-refractivity contribution is 0.581. The van der Waals surface area contributed by atoms with Gasteiger partial charge in [-0.15, -0.1) is 11.3 Å². The van der Waals surface area contributed by atoms with Gasteiger partial charge in [0.05, 0.1) is 16.4 Å². The van der Waals surface area contributed by atoms with E-state index in [4.69, 9.17) is 11.6 Å². The first-order valence-electron chi connectivity index (χ1n) is 8.50. The maximum atomic E-state index is 12.6. The lowest BCUT2D eigenvalue weighted by Crippen LogP contribution is -2.26. The third kappa shape index (κ3) is 4.01. The second-order valence-electron chi connectivity index (χ2n) is 6.45. The van der Waals surface area contributed by atoms with Crippen LogP contribution in [0.15, 0.2) is 63.8 Å². The molecule has 0 radical (unpaired) electrons. The Morgan fingerprint density at radius 2 is 1.93 bits per heavy atom. The highest BCUT2D eigenvalue weighted by Crippen LogP contribution is 2.30. The summed E-state index contributed by atoms with van der Waals surface area (Å²) in [6.45, 7) is 0. The summed E-state index contributed by atoms with van der Waals surface area (Å²) >= 11 is 7.68. The zero-order chi connectivity index (χ0) is 19.0. The molecule has 0 bridgehead atoms. The van der Waals surface area contributed by atoms with Crippen LogP contribution < -0.4 is 9.52 Å². The molecule has 2 aromatic carbocycles. The van der Waals surface area contributed by atoms with Crippen molar-refractivity contribution >= 4 is 38.6 Å². The molecule has 1 fully saturated rings. The molecule has 3 aromatic rings. The molecule has 0 spiro atoms. The van der Waals surface area contributed by atoms with Gasteiger partial charge in [-0.05, 0) is 37.1 Å². The number of nitrogens with one attached hydrogen (secondary N) is 1. The Morgan fingerprint density at radius 1 is 1.19 bits per heavy atom. The lowest BCUT2D eigenvalue weighted by atomic mass is 10.2. The highest BCUT2D eigenvalue weighted by molar-refractivity contribution is 7.89. The van der Waals surface area contributed by atoms with Gasteiger partial charge in [-0.1, -0.05) is 35.9 Å². The van der Waals surface area contributed by atoms with Crippen molar-refractivity contribution in [2.45, 2.75) is 23.8 Å². The summed E-state index contributed by atoms with van der Waals surface area (Å²) in [6.07, 6.45) is 1.75. The summed E-state index contributed by atoms with van der Waals surface area (Å²) in [7, 11) is -1.71. The second-order valence-corrected chi connectivity index (χ2v) is 9.38.